The molecule has 0 unspecified atom stereocenters. The number of nitrogens with two attached hydrogens (primary N) is 1. The van der Waals surface area contributed by atoms with Crippen molar-refractivity contribution in [3.63, 3.8) is 0 Å². The van der Waals surface area contributed by atoms with E-state index in [1.54, 1.807) is 0 Å². The molecule has 0 bridgehead atoms. The fourth-order valence-corrected chi connectivity index (χ4v) is 1.99. The number of hydrogen-bond donors (Lipinski definition) is 1. The molecule has 4 nitrogen and oxygen atoms in total. The lowest BCUT2D eigenvalue weighted by Gasteiger charge is -2.17. The predicted molar refractivity (Wildman–Crippen MR) is 80.9 cm³/mol. The molecule has 112 valence electrons. The second kappa shape index (κ2) is 8.25. The van der Waals surface area contributed by atoms with Crippen molar-refractivity contribution in [2.45, 2.75) is 19.4 Å². The molecule has 2 N–H and O–H groups in total. The quantitative estimate of drug-likeness (QED) is 0.664. The molecule has 0 heterocycles. The molecular weight excluding hydrogens is 252 g/mol. The molecule has 0 aliphatic heterocycles. The summed E-state index contributed by atoms with van der Waals surface area (Å²) in [5.41, 5.74) is 6.74. The zero-order valence-electron chi connectivity index (χ0n) is 12.4. The fraction of sp³-hybridized carbons (Fsp3) is 0.625. The van der Waals surface area contributed by atoms with Gasteiger partial charge in [0, 0.05) is 31.8 Å². The number of hydrogen-bond acceptors (Lipinski definition) is 4. The Kier molecular flexibility index (Phi) is 6.30. The van der Waals surface area contributed by atoms with Crippen molar-refractivity contribution >= 4 is 0 Å². The molecule has 0 radical (unpaired) electrons. The van der Waals surface area contributed by atoms with Crippen molar-refractivity contribution in [3.8, 4) is 5.75 Å². The minimum absolute atomic E-state index is 0.515. The molecule has 20 heavy (non-hydrogen) atoms. The van der Waals surface area contributed by atoms with Crippen LogP contribution in [0.2, 0.25) is 0 Å². The van der Waals surface area contributed by atoms with Gasteiger partial charge in [-0.2, -0.15) is 0 Å². The summed E-state index contributed by atoms with van der Waals surface area (Å²) in [6.45, 7) is 4.79. The first-order valence-corrected chi connectivity index (χ1v) is 7.46. The Balaban J connectivity index is 1.56. The number of likely N-dealkylation sites (N-methyl/N-ethyl adjacent to an activating group) is 1. The van der Waals surface area contributed by atoms with Crippen LogP contribution in [0.4, 0.5) is 0 Å². The van der Waals surface area contributed by atoms with E-state index in [0.717, 1.165) is 43.5 Å². The highest BCUT2D eigenvalue weighted by atomic mass is 16.5. The zero-order valence-corrected chi connectivity index (χ0v) is 12.4. The van der Waals surface area contributed by atoms with Gasteiger partial charge in [-0.05, 0) is 31.9 Å². The van der Waals surface area contributed by atoms with Gasteiger partial charge >= 0.3 is 0 Å². The van der Waals surface area contributed by atoms with E-state index in [1.165, 1.54) is 12.8 Å². The molecule has 0 aromatic heterocycles. The van der Waals surface area contributed by atoms with Gasteiger partial charge in [0.05, 0.1) is 6.61 Å². The Labute approximate surface area is 121 Å². The average molecular weight is 278 g/mol. The zero-order chi connectivity index (χ0) is 14.2. The molecule has 0 atom stereocenters. The Morgan fingerprint density at radius 2 is 1.95 bits per heavy atom. The predicted octanol–water partition coefficient (Wildman–Crippen LogP) is 1.88. The van der Waals surface area contributed by atoms with Gasteiger partial charge in [0.2, 0.25) is 0 Å². The van der Waals surface area contributed by atoms with Gasteiger partial charge in [-0.15, -0.1) is 0 Å². The highest BCUT2D eigenvalue weighted by Gasteiger charge is 2.20. The summed E-state index contributed by atoms with van der Waals surface area (Å²) in [5, 5.41) is 0. The van der Waals surface area contributed by atoms with E-state index in [2.05, 4.69) is 11.9 Å². The number of nitrogens with zero attached hydrogens (tertiary/aromatic N) is 1. The highest BCUT2D eigenvalue weighted by Crippen LogP contribution is 2.28. The van der Waals surface area contributed by atoms with Crippen LogP contribution in [0, 0.1) is 5.92 Å². The molecular formula is C16H26N2O2. The van der Waals surface area contributed by atoms with E-state index in [4.69, 9.17) is 15.2 Å². The van der Waals surface area contributed by atoms with E-state index in [0.29, 0.717) is 13.2 Å². The lowest BCUT2D eigenvalue weighted by molar-refractivity contribution is 0.0991. The van der Waals surface area contributed by atoms with Crippen LogP contribution in [-0.2, 0) is 11.3 Å². The van der Waals surface area contributed by atoms with Gasteiger partial charge in [-0.3, -0.25) is 0 Å². The topological polar surface area (TPSA) is 47.7 Å². The second-order valence-corrected chi connectivity index (χ2v) is 5.48. The van der Waals surface area contributed by atoms with Crippen LogP contribution in [0.25, 0.3) is 0 Å². The number of rotatable bonds is 10. The summed E-state index contributed by atoms with van der Waals surface area (Å²) >= 11 is 0. The summed E-state index contributed by atoms with van der Waals surface area (Å²) < 4.78 is 11.4. The lowest BCUT2D eigenvalue weighted by atomic mass is 10.2. The van der Waals surface area contributed by atoms with Crippen molar-refractivity contribution in [1.82, 2.24) is 4.90 Å². The Morgan fingerprint density at radius 3 is 2.70 bits per heavy atom. The van der Waals surface area contributed by atoms with Crippen LogP contribution in [0.1, 0.15) is 18.4 Å². The summed E-state index contributed by atoms with van der Waals surface area (Å²) in [4.78, 5) is 2.23. The third-order valence-corrected chi connectivity index (χ3v) is 3.59. The van der Waals surface area contributed by atoms with Crippen LogP contribution < -0.4 is 10.5 Å². The average Bonchev–Trinajstić information content (AvgIpc) is 3.28. The Bertz CT molecular complexity index is 394. The molecule has 1 aromatic carbocycles. The van der Waals surface area contributed by atoms with Gasteiger partial charge in [0.25, 0.3) is 0 Å². The first-order valence-electron chi connectivity index (χ1n) is 7.46. The van der Waals surface area contributed by atoms with E-state index in [-0.39, 0.29) is 0 Å². The number of ether oxygens (including phenoxy) is 2. The fourth-order valence-electron chi connectivity index (χ4n) is 1.99. The molecule has 2 rings (SSSR count). The molecule has 0 saturated heterocycles. The number of para-hydroxylation sites is 1. The molecule has 4 heteroatoms. The van der Waals surface area contributed by atoms with Crippen molar-refractivity contribution in [3.05, 3.63) is 29.8 Å². The van der Waals surface area contributed by atoms with Crippen LogP contribution in [0.5, 0.6) is 5.75 Å². The van der Waals surface area contributed by atoms with E-state index >= 15 is 0 Å². The number of benzene rings is 1. The van der Waals surface area contributed by atoms with Crippen molar-refractivity contribution in [1.29, 1.82) is 0 Å². The summed E-state index contributed by atoms with van der Waals surface area (Å²) in [5.74, 6) is 1.74. The smallest absolute Gasteiger partial charge is 0.123 e. The van der Waals surface area contributed by atoms with Crippen molar-refractivity contribution < 1.29 is 9.47 Å². The maximum atomic E-state index is 5.79. The molecule has 0 amide bonds. The van der Waals surface area contributed by atoms with Gasteiger partial charge in [-0.25, -0.2) is 0 Å². The Morgan fingerprint density at radius 1 is 1.20 bits per heavy atom. The molecule has 1 fully saturated rings. The molecule has 1 aliphatic rings. The van der Waals surface area contributed by atoms with Crippen LogP contribution >= 0.6 is 0 Å². The van der Waals surface area contributed by atoms with E-state index < -0.39 is 0 Å². The van der Waals surface area contributed by atoms with Crippen LogP contribution in [0.3, 0.4) is 0 Å². The normalized spacial score (nSPS) is 14.8. The van der Waals surface area contributed by atoms with E-state index in [9.17, 15) is 0 Å². The van der Waals surface area contributed by atoms with Gasteiger partial charge in [0.15, 0.2) is 0 Å². The monoisotopic (exact) mass is 278 g/mol. The first-order chi connectivity index (χ1) is 9.79. The van der Waals surface area contributed by atoms with Crippen LogP contribution in [0.15, 0.2) is 24.3 Å². The first kappa shape index (κ1) is 15.3. The molecule has 1 aromatic rings. The van der Waals surface area contributed by atoms with Crippen molar-refractivity contribution in [2.24, 2.45) is 11.7 Å². The van der Waals surface area contributed by atoms with Crippen molar-refractivity contribution in [2.75, 3.05) is 40.0 Å². The third-order valence-electron chi connectivity index (χ3n) is 3.59. The Hall–Kier alpha value is -1.10. The van der Waals surface area contributed by atoms with Crippen LogP contribution in [-0.4, -0.2) is 44.9 Å². The SMILES string of the molecule is CN(CCOCC1CC1)CCOc1ccccc1CN. The minimum atomic E-state index is 0.515. The molecule has 0 spiro atoms. The minimum Gasteiger partial charge on any atom is -0.492 e. The largest absolute Gasteiger partial charge is 0.492 e. The summed E-state index contributed by atoms with van der Waals surface area (Å²) in [6.07, 6.45) is 2.70. The molecule has 1 saturated carbocycles. The highest BCUT2D eigenvalue weighted by molar-refractivity contribution is 5.32. The van der Waals surface area contributed by atoms with Gasteiger partial charge in [0.1, 0.15) is 12.4 Å². The standard InChI is InChI=1S/C16H26N2O2/c1-18(8-10-19-13-14-6-7-14)9-11-20-16-5-3-2-4-15(16)12-17/h2-5,14H,6-13,17H2,1H3. The molecule has 1 aliphatic carbocycles. The maximum Gasteiger partial charge on any atom is 0.123 e. The second-order valence-electron chi connectivity index (χ2n) is 5.48. The maximum absolute atomic E-state index is 5.79. The van der Waals surface area contributed by atoms with Gasteiger partial charge < -0.3 is 20.1 Å². The van der Waals surface area contributed by atoms with Gasteiger partial charge in [-0.1, -0.05) is 18.2 Å². The summed E-state index contributed by atoms with van der Waals surface area (Å²) in [6, 6.07) is 7.94. The lowest BCUT2D eigenvalue weighted by Crippen LogP contribution is -2.28. The third kappa shape index (κ3) is 5.49. The van der Waals surface area contributed by atoms with E-state index in [1.807, 2.05) is 24.3 Å². The summed E-state index contributed by atoms with van der Waals surface area (Å²) in [7, 11) is 2.10.